The summed E-state index contributed by atoms with van der Waals surface area (Å²) >= 11 is 0. The molecule has 0 unspecified atom stereocenters. The number of nitrogens with one attached hydrogen (secondary N) is 1. The maximum Gasteiger partial charge on any atom is 0.251 e. The highest BCUT2D eigenvalue weighted by molar-refractivity contribution is 5.95. The Balaban J connectivity index is 1.75. The molecule has 1 N–H and O–H groups in total. The summed E-state index contributed by atoms with van der Waals surface area (Å²) in [5, 5.41) is 3.09. The van der Waals surface area contributed by atoms with Gasteiger partial charge in [-0.3, -0.25) is 9.69 Å². The lowest BCUT2D eigenvalue weighted by molar-refractivity contribution is 0.0753. The fraction of sp³-hybridized carbons (Fsp3) is 0.381. The first-order chi connectivity index (χ1) is 12.5. The van der Waals surface area contributed by atoms with Gasteiger partial charge in [0.25, 0.3) is 5.91 Å². The number of ether oxygens (including phenoxy) is 1. The third kappa shape index (κ3) is 4.11. The predicted octanol–water partition coefficient (Wildman–Crippen LogP) is 3.33. The Hall–Kier alpha value is -2.24. The van der Waals surface area contributed by atoms with E-state index in [4.69, 9.17) is 4.74 Å². The molecular formula is C21H25FN2O2. The van der Waals surface area contributed by atoms with E-state index < -0.39 is 0 Å². The fourth-order valence-corrected chi connectivity index (χ4v) is 3.36. The van der Waals surface area contributed by atoms with Gasteiger partial charge in [-0.25, -0.2) is 4.39 Å². The number of methoxy groups -OCH3 is 1. The summed E-state index contributed by atoms with van der Waals surface area (Å²) in [5.74, 6) is -0.430. The van der Waals surface area contributed by atoms with Crippen LogP contribution in [0.25, 0.3) is 11.1 Å². The van der Waals surface area contributed by atoms with E-state index >= 15 is 0 Å². The minimum absolute atomic E-state index is 0.0206. The Morgan fingerprint density at radius 3 is 2.50 bits per heavy atom. The highest BCUT2D eigenvalue weighted by Crippen LogP contribution is 2.22. The molecule has 0 spiro atoms. The topological polar surface area (TPSA) is 41.6 Å². The van der Waals surface area contributed by atoms with Crippen LogP contribution in [0, 0.1) is 5.82 Å². The van der Waals surface area contributed by atoms with E-state index in [-0.39, 0.29) is 23.9 Å². The van der Waals surface area contributed by atoms with Crippen molar-refractivity contribution in [2.75, 3.05) is 20.2 Å². The lowest BCUT2D eigenvalue weighted by atomic mass is 10.0. The third-order valence-electron chi connectivity index (χ3n) is 4.93. The van der Waals surface area contributed by atoms with Crippen LogP contribution in [0.5, 0.6) is 0 Å². The van der Waals surface area contributed by atoms with Crippen molar-refractivity contribution < 1.29 is 13.9 Å². The van der Waals surface area contributed by atoms with Crippen LogP contribution in [0.2, 0.25) is 0 Å². The Morgan fingerprint density at radius 1 is 1.15 bits per heavy atom. The molecule has 1 fully saturated rings. The Labute approximate surface area is 154 Å². The van der Waals surface area contributed by atoms with Crippen LogP contribution in [-0.2, 0) is 4.74 Å². The smallest absolute Gasteiger partial charge is 0.251 e. The van der Waals surface area contributed by atoms with Gasteiger partial charge in [-0.2, -0.15) is 0 Å². The number of hydrogen-bond acceptors (Lipinski definition) is 3. The minimum Gasteiger partial charge on any atom is -0.378 e. The average Bonchev–Trinajstić information content (AvgIpc) is 3.05. The lowest BCUT2D eigenvalue weighted by Gasteiger charge is -2.20. The first-order valence-corrected chi connectivity index (χ1v) is 8.91. The molecule has 1 aliphatic rings. The van der Waals surface area contributed by atoms with Crippen molar-refractivity contribution in [3.05, 3.63) is 59.9 Å². The number of halogens is 1. The number of benzene rings is 2. The second kappa shape index (κ2) is 7.98. The molecule has 1 amide bonds. The average molecular weight is 356 g/mol. The third-order valence-corrected chi connectivity index (χ3v) is 4.93. The van der Waals surface area contributed by atoms with Crippen LogP contribution < -0.4 is 5.32 Å². The molecule has 0 aliphatic carbocycles. The molecule has 1 aliphatic heterocycles. The molecule has 1 heterocycles. The quantitative estimate of drug-likeness (QED) is 0.893. The molecule has 26 heavy (non-hydrogen) atoms. The Kier molecular flexibility index (Phi) is 5.69. The first-order valence-electron chi connectivity index (χ1n) is 8.91. The van der Waals surface area contributed by atoms with E-state index in [2.05, 4.69) is 24.1 Å². The van der Waals surface area contributed by atoms with Gasteiger partial charge in [0.2, 0.25) is 0 Å². The summed E-state index contributed by atoms with van der Waals surface area (Å²) < 4.78 is 19.0. The van der Waals surface area contributed by atoms with Crippen LogP contribution in [0.4, 0.5) is 4.39 Å². The molecule has 138 valence electrons. The van der Waals surface area contributed by atoms with Crippen LogP contribution in [-0.4, -0.2) is 49.2 Å². The Bertz CT molecular complexity index is 778. The SMILES string of the molecule is CO[C@@H]1CN(C(C)C)C[C@H]1NC(=O)c1cccc(-c2cccc(F)c2)c1. The molecule has 2 aromatic carbocycles. The van der Waals surface area contributed by atoms with Crippen LogP contribution in [0.3, 0.4) is 0 Å². The molecular weight excluding hydrogens is 331 g/mol. The van der Waals surface area contributed by atoms with Gasteiger partial charge in [-0.15, -0.1) is 0 Å². The van der Waals surface area contributed by atoms with Gasteiger partial charge in [0, 0.05) is 31.8 Å². The van der Waals surface area contributed by atoms with E-state index in [1.807, 2.05) is 18.2 Å². The van der Waals surface area contributed by atoms with Crippen molar-refractivity contribution in [3.8, 4) is 11.1 Å². The number of hydrogen-bond donors (Lipinski definition) is 1. The second-order valence-electron chi connectivity index (χ2n) is 6.99. The van der Waals surface area contributed by atoms with E-state index in [9.17, 15) is 9.18 Å². The molecule has 3 rings (SSSR count). The predicted molar refractivity (Wildman–Crippen MR) is 101 cm³/mol. The summed E-state index contributed by atoms with van der Waals surface area (Å²) in [6.07, 6.45) is -0.0206. The molecule has 1 saturated heterocycles. The van der Waals surface area contributed by atoms with Gasteiger partial charge in [-0.05, 0) is 49.2 Å². The largest absolute Gasteiger partial charge is 0.378 e. The molecule has 2 atom stereocenters. The highest BCUT2D eigenvalue weighted by Gasteiger charge is 2.35. The van der Waals surface area contributed by atoms with E-state index in [0.29, 0.717) is 11.6 Å². The van der Waals surface area contributed by atoms with Gasteiger partial charge in [0.1, 0.15) is 5.82 Å². The van der Waals surface area contributed by atoms with E-state index in [0.717, 1.165) is 24.2 Å². The minimum atomic E-state index is -0.292. The van der Waals surface area contributed by atoms with Crippen molar-refractivity contribution in [2.24, 2.45) is 0 Å². The van der Waals surface area contributed by atoms with Crippen molar-refractivity contribution >= 4 is 5.91 Å². The molecule has 0 radical (unpaired) electrons. The highest BCUT2D eigenvalue weighted by atomic mass is 19.1. The number of carbonyl (C=O) groups excluding carboxylic acids is 1. The van der Waals surface area contributed by atoms with Crippen LogP contribution in [0.1, 0.15) is 24.2 Å². The van der Waals surface area contributed by atoms with Crippen molar-refractivity contribution in [3.63, 3.8) is 0 Å². The van der Waals surface area contributed by atoms with Gasteiger partial charge in [0.05, 0.1) is 12.1 Å². The van der Waals surface area contributed by atoms with Crippen molar-refractivity contribution in [2.45, 2.75) is 32.0 Å². The monoisotopic (exact) mass is 356 g/mol. The zero-order valence-electron chi connectivity index (χ0n) is 15.4. The van der Waals surface area contributed by atoms with E-state index in [1.165, 1.54) is 12.1 Å². The maximum atomic E-state index is 13.5. The van der Waals surface area contributed by atoms with Gasteiger partial charge in [-0.1, -0.05) is 24.3 Å². The van der Waals surface area contributed by atoms with Gasteiger partial charge in [0.15, 0.2) is 0 Å². The van der Waals surface area contributed by atoms with Crippen molar-refractivity contribution in [1.82, 2.24) is 10.2 Å². The fourth-order valence-electron chi connectivity index (χ4n) is 3.36. The van der Waals surface area contributed by atoms with Crippen molar-refractivity contribution in [1.29, 1.82) is 0 Å². The zero-order chi connectivity index (χ0) is 18.7. The Morgan fingerprint density at radius 2 is 1.85 bits per heavy atom. The number of rotatable bonds is 5. The first kappa shape index (κ1) is 18.5. The maximum absolute atomic E-state index is 13.5. The molecule has 0 aromatic heterocycles. The summed E-state index contributed by atoms with van der Waals surface area (Å²) in [7, 11) is 1.68. The number of amides is 1. The van der Waals surface area contributed by atoms with Crippen LogP contribution in [0.15, 0.2) is 48.5 Å². The summed E-state index contributed by atoms with van der Waals surface area (Å²) in [6, 6.07) is 14.0. The van der Waals surface area contributed by atoms with Crippen LogP contribution >= 0.6 is 0 Å². The van der Waals surface area contributed by atoms with Gasteiger partial charge < -0.3 is 10.1 Å². The molecule has 0 saturated carbocycles. The normalized spacial score (nSPS) is 20.5. The number of likely N-dealkylation sites (tertiary alicyclic amines) is 1. The molecule has 5 heteroatoms. The lowest BCUT2D eigenvalue weighted by Crippen LogP contribution is -2.43. The summed E-state index contributed by atoms with van der Waals surface area (Å²) in [4.78, 5) is 15.0. The molecule has 2 aromatic rings. The number of carbonyl (C=O) groups is 1. The molecule has 0 bridgehead atoms. The van der Waals surface area contributed by atoms with E-state index in [1.54, 1.807) is 25.3 Å². The molecule has 4 nitrogen and oxygen atoms in total. The zero-order valence-corrected chi connectivity index (χ0v) is 15.4. The summed E-state index contributed by atoms with van der Waals surface area (Å²) in [5.41, 5.74) is 2.13. The number of nitrogens with zero attached hydrogens (tertiary/aromatic N) is 1. The van der Waals surface area contributed by atoms with Gasteiger partial charge >= 0.3 is 0 Å². The standard InChI is InChI=1S/C21H25FN2O2/c1-14(2)24-12-19(20(13-24)26-3)23-21(25)17-8-4-6-15(10-17)16-7-5-9-18(22)11-16/h4-11,14,19-20H,12-13H2,1-3H3,(H,23,25)/t19-,20-/m1/s1. The summed E-state index contributed by atoms with van der Waals surface area (Å²) in [6.45, 7) is 5.85. The second-order valence-corrected chi connectivity index (χ2v) is 6.99.